The molecule has 0 aliphatic heterocycles. The summed E-state index contributed by atoms with van der Waals surface area (Å²) >= 11 is 0. The molecule has 1 aliphatic carbocycles. The van der Waals surface area contributed by atoms with Gasteiger partial charge in [0.05, 0.1) is 8.07 Å². The van der Waals surface area contributed by atoms with Crippen molar-refractivity contribution in [3.8, 4) is 0 Å². The van der Waals surface area contributed by atoms with Gasteiger partial charge in [-0.1, -0.05) is 90.4 Å². The fourth-order valence-corrected chi connectivity index (χ4v) is 7.13. The van der Waals surface area contributed by atoms with Crippen LogP contribution in [0.1, 0.15) is 31.7 Å². The van der Waals surface area contributed by atoms with Crippen LogP contribution in [0, 0.1) is 0 Å². The molecule has 5 heteroatoms. The zero-order valence-electron chi connectivity index (χ0n) is 17.9. The van der Waals surface area contributed by atoms with Crippen LogP contribution in [0.3, 0.4) is 0 Å². The maximum atomic E-state index is 9.35. The average molecular weight is 536 g/mol. The van der Waals surface area contributed by atoms with Gasteiger partial charge in [0.1, 0.15) is 0 Å². The van der Waals surface area contributed by atoms with Gasteiger partial charge in [0.25, 0.3) is 0 Å². The molecule has 0 spiro atoms. The molecule has 0 aromatic heterocycles. The first-order valence-electron chi connectivity index (χ1n) is 10.2. The van der Waals surface area contributed by atoms with Gasteiger partial charge in [0.2, 0.25) is 0 Å². The van der Waals surface area contributed by atoms with Crippen LogP contribution in [-0.4, -0.2) is 19.8 Å². The quantitative estimate of drug-likeness (QED) is 0.367. The molecular weight excluding hydrogens is 506 g/mol. The molecule has 3 aromatic carbocycles. The molecule has 1 N–H and O–H groups in total. The number of halogens is 2. The largest absolute Gasteiger partial charge is 3.00 e. The fraction of sp³-hybridized carbons (Fsp3) is 0.320. The topological polar surface area (TPSA) is 20.2 Å². The Balaban J connectivity index is 0.00000150. The molecule has 1 radical (unpaired) electrons. The molecule has 0 atom stereocenters. The maximum Gasteiger partial charge on any atom is 3.00 e. The van der Waals surface area contributed by atoms with E-state index < -0.39 is 8.07 Å². The Bertz CT molecular complexity index is 1070. The number of allylic oxidation sites excluding steroid dienone is 4. The standard InChI is InChI=1S/C25H29OSi.2ClH.Zr/c1-4-27(2,3)25-18(10-8-16-26)14-15-23(25)22-13-7-12-21-20-11-6-5-9-19(20)17-24(21)22;;;/h5-7,9,11-14,17,26H,4,8,10,15-16H2,1-3H3;2*1H;/q-1;;;+3/p-2. The number of benzene rings is 2. The van der Waals surface area contributed by atoms with E-state index in [4.69, 9.17) is 0 Å². The first-order valence-corrected chi connectivity index (χ1v) is 13.4. The van der Waals surface area contributed by atoms with E-state index in [9.17, 15) is 5.11 Å². The second-order valence-corrected chi connectivity index (χ2v) is 13.3. The Hall–Kier alpha value is -0.570. The fourth-order valence-electron chi connectivity index (χ4n) is 4.63. The van der Waals surface area contributed by atoms with E-state index in [-0.39, 0.29) is 57.6 Å². The molecule has 0 saturated carbocycles. The van der Waals surface area contributed by atoms with Crippen molar-refractivity contribution < 1.29 is 56.1 Å². The molecular formula is C25H29Cl2OSiZr. The Morgan fingerprint density at radius 1 is 1.00 bits per heavy atom. The van der Waals surface area contributed by atoms with Crippen molar-refractivity contribution in [1.29, 1.82) is 0 Å². The summed E-state index contributed by atoms with van der Waals surface area (Å²) in [4.78, 5) is 0. The summed E-state index contributed by atoms with van der Waals surface area (Å²) in [6, 6.07) is 19.1. The average Bonchev–Trinajstić information content (AvgIpc) is 3.28. The Labute approximate surface area is 213 Å². The van der Waals surface area contributed by atoms with E-state index in [2.05, 4.69) is 74.6 Å². The Morgan fingerprint density at radius 3 is 2.40 bits per heavy atom. The molecule has 3 aromatic rings. The molecule has 0 saturated heterocycles. The van der Waals surface area contributed by atoms with E-state index in [1.54, 1.807) is 10.8 Å². The molecule has 1 aliphatic rings. The third-order valence-corrected chi connectivity index (χ3v) is 10.1. The van der Waals surface area contributed by atoms with E-state index in [1.807, 2.05) is 0 Å². The van der Waals surface area contributed by atoms with Crippen LogP contribution in [0.5, 0.6) is 0 Å². The van der Waals surface area contributed by atoms with Crippen LogP contribution in [-0.2, 0) is 26.2 Å². The molecule has 0 bridgehead atoms. The van der Waals surface area contributed by atoms with Crippen LogP contribution in [0.15, 0.2) is 65.4 Å². The summed E-state index contributed by atoms with van der Waals surface area (Å²) in [7, 11) is -1.50. The summed E-state index contributed by atoms with van der Waals surface area (Å²) in [5.41, 5.74) is 4.47. The van der Waals surface area contributed by atoms with Crippen LogP contribution in [0.2, 0.25) is 19.1 Å². The number of aliphatic hydroxyl groups excluding tert-OH is 1. The zero-order valence-corrected chi connectivity index (χ0v) is 22.9. The van der Waals surface area contributed by atoms with Gasteiger partial charge in [0, 0.05) is 6.61 Å². The number of fused-ring (bicyclic) bond motifs is 3. The van der Waals surface area contributed by atoms with Gasteiger partial charge in [-0.15, -0.1) is 33.7 Å². The zero-order chi connectivity index (χ0) is 19.0. The molecule has 30 heavy (non-hydrogen) atoms. The summed E-state index contributed by atoms with van der Waals surface area (Å²) in [5, 5.41) is 16.4. The third kappa shape index (κ3) is 4.92. The van der Waals surface area contributed by atoms with Gasteiger partial charge < -0.3 is 29.9 Å². The molecule has 0 unspecified atom stereocenters. The van der Waals surface area contributed by atoms with Crippen molar-refractivity contribution in [3.05, 3.63) is 70.9 Å². The minimum absolute atomic E-state index is 0. The predicted octanol–water partition coefficient (Wildman–Crippen LogP) is 0.841. The SMILES string of the molecule is CC[Si](C)(C)C1=C(c2cccc3c2[cH-]c2ccccc23)CC=C1CCCO.[Cl-].[Cl-].[Zr+3]. The summed E-state index contributed by atoms with van der Waals surface area (Å²) in [5.74, 6) is 0. The van der Waals surface area contributed by atoms with E-state index in [0.717, 1.165) is 19.3 Å². The summed E-state index contributed by atoms with van der Waals surface area (Å²) in [6.45, 7) is 7.62. The molecule has 0 fully saturated rings. The van der Waals surface area contributed by atoms with Gasteiger partial charge >= 0.3 is 26.2 Å². The van der Waals surface area contributed by atoms with Crippen molar-refractivity contribution in [2.24, 2.45) is 0 Å². The van der Waals surface area contributed by atoms with Crippen molar-refractivity contribution in [3.63, 3.8) is 0 Å². The Morgan fingerprint density at radius 2 is 1.70 bits per heavy atom. The van der Waals surface area contributed by atoms with Crippen LogP contribution < -0.4 is 24.8 Å². The second kappa shape index (κ2) is 11.3. The maximum absolute atomic E-state index is 9.35. The number of rotatable bonds is 6. The van der Waals surface area contributed by atoms with E-state index in [0.29, 0.717) is 0 Å². The van der Waals surface area contributed by atoms with Crippen molar-refractivity contribution in [2.75, 3.05) is 6.61 Å². The second-order valence-electron chi connectivity index (χ2n) is 8.35. The van der Waals surface area contributed by atoms with Crippen LogP contribution in [0.25, 0.3) is 27.1 Å². The molecule has 157 valence electrons. The van der Waals surface area contributed by atoms with Gasteiger partial charge in [-0.25, -0.2) is 0 Å². The van der Waals surface area contributed by atoms with Gasteiger partial charge in [0.15, 0.2) is 0 Å². The summed E-state index contributed by atoms with van der Waals surface area (Å²) in [6.07, 6.45) is 5.34. The molecule has 0 heterocycles. The first kappa shape index (κ1) is 27.5. The van der Waals surface area contributed by atoms with Crippen LogP contribution >= 0.6 is 0 Å². The van der Waals surface area contributed by atoms with E-state index >= 15 is 0 Å². The number of hydrogen-bond donors (Lipinski definition) is 1. The molecule has 4 rings (SSSR count). The van der Waals surface area contributed by atoms with Crippen LogP contribution in [0.4, 0.5) is 0 Å². The van der Waals surface area contributed by atoms with Gasteiger partial charge in [-0.2, -0.15) is 0 Å². The molecule has 1 nitrogen and oxygen atoms in total. The first-order chi connectivity index (χ1) is 13.1. The minimum Gasteiger partial charge on any atom is -1.00 e. The molecule has 0 amide bonds. The minimum atomic E-state index is -1.50. The normalized spacial score (nSPS) is 13.7. The van der Waals surface area contributed by atoms with Crippen molar-refractivity contribution >= 4 is 35.2 Å². The van der Waals surface area contributed by atoms with Gasteiger partial charge in [-0.3, -0.25) is 0 Å². The van der Waals surface area contributed by atoms with Crippen molar-refractivity contribution in [1.82, 2.24) is 0 Å². The number of aliphatic hydroxyl groups is 1. The third-order valence-electron chi connectivity index (χ3n) is 6.32. The van der Waals surface area contributed by atoms with E-state index in [1.165, 1.54) is 38.7 Å². The number of hydrogen-bond acceptors (Lipinski definition) is 1. The van der Waals surface area contributed by atoms with Crippen molar-refractivity contribution in [2.45, 2.75) is 45.3 Å². The Kier molecular flexibility index (Phi) is 10.4. The summed E-state index contributed by atoms with van der Waals surface area (Å²) < 4.78 is 0. The monoisotopic (exact) mass is 533 g/mol. The smallest absolute Gasteiger partial charge is 1.00 e. The predicted molar refractivity (Wildman–Crippen MR) is 121 cm³/mol. The van der Waals surface area contributed by atoms with Gasteiger partial charge in [-0.05, 0) is 19.3 Å².